The van der Waals surface area contributed by atoms with Crippen LogP contribution < -0.4 is 0 Å². The van der Waals surface area contributed by atoms with E-state index in [0.717, 1.165) is 19.3 Å². The van der Waals surface area contributed by atoms with Crippen molar-refractivity contribution in [1.29, 1.82) is 0 Å². The van der Waals surface area contributed by atoms with Crippen molar-refractivity contribution >= 4 is 21.6 Å². The summed E-state index contributed by atoms with van der Waals surface area (Å²) in [4.78, 5) is 0. The Morgan fingerprint density at radius 1 is 1.21 bits per heavy atom. The molecule has 1 saturated carbocycles. The average molecular weight is 304 g/mol. The van der Waals surface area contributed by atoms with Crippen LogP contribution in [-0.2, 0) is 26.3 Å². The van der Waals surface area contributed by atoms with Gasteiger partial charge in [0.1, 0.15) is 6.61 Å². The van der Waals surface area contributed by atoms with Crippen molar-refractivity contribution in [3.63, 3.8) is 0 Å². The molecule has 5 heteroatoms. The quantitative estimate of drug-likeness (QED) is 0.750. The zero-order valence-corrected chi connectivity index (χ0v) is 13.3. The van der Waals surface area contributed by atoms with Crippen molar-refractivity contribution in [2.45, 2.75) is 50.2 Å². The van der Waals surface area contributed by atoms with E-state index in [1.54, 1.807) is 0 Å². The van der Waals surface area contributed by atoms with Crippen LogP contribution in [0.3, 0.4) is 0 Å². The van der Waals surface area contributed by atoms with Gasteiger partial charge in [0.05, 0.1) is 11.0 Å². The molecular weight excluding hydrogens is 280 g/mol. The Morgan fingerprint density at radius 2 is 1.95 bits per heavy atom. The van der Waals surface area contributed by atoms with Gasteiger partial charge in [-0.15, -0.1) is 0 Å². The fraction of sp³-hybridized carbons (Fsp3) is 0.857. The van der Waals surface area contributed by atoms with Crippen LogP contribution in [0.2, 0.25) is 0 Å². The predicted octanol–water partition coefficient (Wildman–Crippen LogP) is 2.51. The van der Waals surface area contributed by atoms with Crippen molar-refractivity contribution in [2.24, 2.45) is 0 Å². The molecule has 3 nitrogen and oxygen atoms in total. The molecule has 0 aromatic heterocycles. The summed E-state index contributed by atoms with van der Waals surface area (Å²) in [5.41, 5.74) is 1.38. The number of hydrogen-bond donors (Lipinski definition) is 0. The molecule has 0 bridgehead atoms. The zero-order chi connectivity index (χ0) is 13.7. The molecule has 1 aliphatic heterocycles. The van der Waals surface area contributed by atoms with Gasteiger partial charge in [0.15, 0.2) is 0 Å². The molecule has 3 atom stereocenters. The molecule has 19 heavy (non-hydrogen) atoms. The van der Waals surface area contributed by atoms with E-state index in [9.17, 15) is 8.42 Å². The molecule has 0 aromatic rings. The molecule has 2 fully saturated rings. The van der Waals surface area contributed by atoms with E-state index in [1.165, 1.54) is 24.8 Å². The van der Waals surface area contributed by atoms with Crippen LogP contribution in [0, 0.1) is 0 Å². The highest BCUT2D eigenvalue weighted by molar-refractivity contribution is 7.93. The number of hydrogen-bond acceptors (Lipinski definition) is 3. The molecule has 0 aromatic carbocycles. The van der Waals surface area contributed by atoms with E-state index in [4.69, 9.17) is 4.74 Å². The second-order valence-corrected chi connectivity index (χ2v) is 9.06. The van der Waals surface area contributed by atoms with Crippen LogP contribution in [0.15, 0.2) is 11.8 Å². The van der Waals surface area contributed by atoms with E-state index in [2.05, 4.69) is 0 Å². The molecule has 0 spiro atoms. The van der Waals surface area contributed by atoms with Gasteiger partial charge in [0, 0.05) is 38.9 Å². The van der Waals surface area contributed by atoms with Crippen LogP contribution in [0.4, 0.5) is 0 Å². The first-order valence-electron chi connectivity index (χ1n) is 7.19. The summed E-state index contributed by atoms with van der Waals surface area (Å²) >= 11 is 0. The highest BCUT2D eigenvalue weighted by Gasteiger charge is 2.41. The van der Waals surface area contributed by atoms with Gasteiger partial charge >= 0.3 is 0 Å². The molecular formula is C14H24O3S2. The Labute approximate surface area is 121 Å². The van der Waals surface area contributed by atoms with E-state index in [0.29, 0.717) is 23.9 Å². The Bertz CT molecular complexity index is 384. The number of allylic oxidation sites excluding steroid dienone is 1. The Morgan fingerprint density at radius 3 is 2.63 bits per heavy atom. The van der Waals surface area contributed by atoms with Gasteiger partial charge in [-0.3, -0.25) is 8.42 Å². The maximum atomic E-state index is 12.3. The first kappa shape index (κ1) is 15.2. The predicted molar refractivity (Wildman–Crippen MR) is 81.0 cm³/mol. The minimum Gasteiger partial charge on any atom is -0.500 e. The van der Waals surface area contributed by atoms with Gasteiger partial charge in [-0.1, -0.05) is 13.3 Å². The summed E-state index contributed by atoms with van der Waals surface area (Å²) in [6.07, 6.45) is 8.75. The van der Waals surface area contributed by atoms with E-state index < -0.39 is 26.3 Å². The third-order valence-electron chi connectivity index (χ3n) is 4.14. The number of ether oxygens (including phenoxy) is 1. The summed E-state index contributed by atoms with van der Waals surface area (Å²) in [5, 5.41) is 0. The van der Waals surface area contributed by atoms with E-state index >= 15 is 0 Å². The van der Waals surface area contributed by atoms with Gasteiger partial charge in [-0.2, -0.15) is 0 Å². The molecule has 0 amide bonds. The van der Waals surface area contributed by atoms with Crippen LogP contribution in [0.1, 0.15) is 45.4 Å². The highest BCUT2D eigenvalue weighted by Crippen LogP contribution is 2.27. The topological polar surface area (TPSA) is 43.4 Å². The first-order chi connectivity index (χ1) is 9.16. The molecule has 2 aliphatic rings. The average Bonchev–Trinajstić information content (AvgIpc) is 2.44. The summed E-state index contributed by atoms with van der Waals surface area (Å²) in [7, 11) is -1.74. The van der Waals surface area contributed by atoms with Gasteiger partial charge in [0.2, 0.25) is 0 Å². The van der Waals surface area contributed by atoms with Gasteiger partial charge < -0.3 is 4.74 Å². The largest absolute Gasteiger partial charge is 0.500 e. The molecule has 1 saturated heterocycles. The molecule has 2 rings (SSSR count). The zero-order valence-electron chi connectivity index (χ0n) is 11.7. The Balaban J connectivity index is 1.94. The fourth-order valence-corrected chi connectivity index (χ4v) is 6.97. The maximum absolute atomic E-state index is 12.3. The lowest BCUT2D eigenvalue weighted by molar-refractivity contribution is 0.210. The van der Waals surface area contributed by atoms with Gasteiger partial charge in [-0.05, 0) is 37.7 Å². The Kier molecular flexibility index (Phi) is 5.63. The minimum absolute atomic E-state index is 0.394. The first-order valence-corrected chi connectivity index (χ1v) is 10.00. The van der Waals surface area contributed by atoms with Crippen LogP contribution in [-0.4, -0.2) is 37.0 Å². The molecule has 110 valence electrons. The lowest BCUT2D eigenvalue weighted by Gasteiger charge is -2.34. The molecule has 0 N–H and O–H groups in total. The van der Waals surface area contributed by atoms with E-state index in [1.807, 2.05) is 13.2 Å². The molecule has 1 heterocycles. The summed E-state index contributed by atoms with van der Waals surface area (Å²) in [5.74, 6) is 1.66. The summed E-state index contributed by atoms with van der Waals surface area (Å²) in [6, 6.07) is 0. The van der Waals surface area contributed by atoms with Crippen LogP contribution in [0.5, 0.6) is 0 Å². The lowest BCUT2D eigenvalue weighted by atomic mass is 9.96. The summed E-state index contributed by atoms with van der Waals surface area (Å²) < 4.78 is 29.3. The Hall–Kier alpha value is -0.160. The molecule has 0 radical (unpaired) electrons. The molecule has 3 unspecified atom stereocenters. The standard InChI is InChI=1S/C14H24O3S2/c1-2-14(12-18(15)8-9-19(14)16)11-17-10-13-6-4-3-5-7-13/h10H,2-9,11-12H2,1H3. The number of rotatable bonds is 4. The fourth-order valence-electron chi connectivity index (χ4n) is 2.72. The third kappa shape index (κ3) is 3.91. The normalized spacial score (nSPS) is 35.9. The second kappa shape index (κ2) is 7.02. The second-order valence-electron chi connectivity index (χ2n) is 5.52. The monoisotopic (exact) mass is 304 g/mol. The lowest BCUT2D eigenvalue weighted by Crippen LogP contribution is -2.49. The molecule has 1 aliphatic carbocycles. The van der Waals surface area contributed by atoms with Gasteiger partial charge in [0.25, 0.3) is 0 Å². The summed E-state index contributed by atoms with van der Waals surface area (Å²) in [6.45, 7) is 2.48. The maximum Gasteiger partial charge on any atom is 0.105 e. The van der Waals surface area contributed by atoms with E-state index in [-0.39, 0.29) is 0 Å². The van der Waals surface area contributed by atoms with Crippen LogP contribution in [0.25, 0.3) is 0 Å². The smallest absolute Gasteiger partial charge is 0.105 e. The minimum atomic E-state index is -0.911. The van der Waals surface area contributed by atoms with Crippen LogP contribution >= 0.6 is 0 Å². The van der Waals surface area contributed by atoms with Gasteiger partial charge in [-0.25, -0.2) is 0 Å². The van der Waals surface area contributed by atoms with Crippen molar-refractivity contribution in [1.82, 2.24) is 0 Å². The van der Waals surface area contributed by atoms with Crippen molar-refractivity contribution in [2.75, 3.05) is 23.9 Å². The third-order valence-corrected chi connectivity index (χ3v) is 8.21. The van der Waals surface area contributed by atoms with Crippen molar-refractivity contribution in [3.8, 4) is 0 Å². The SMILES string of the molecule is CCC1(COC=C2CCCCC2)CS(=O)CCS1=O. The van der Waals surface area contributed by atoms with Crippen molar-refractivity contribution < 1.29 is 13.2 Å². The highest BCUT2D eigenvalue weighted by atomic mass is 32.2. The van der Waals surface area contributed by atoms with Crippen molar-refractivity contribution in [3.05, 3.63) is 11.8 Å².